The minimum Gasteiger partial charge on any atom is -0.308 e. The monoisotopic (exact) mass is 272 g/mol. The van der Waals surface area contributed by atoms with E-state index in [0.717, 1.165) is 40.0 Å². The van der Waals surface area contributed by atoms with E-state index in [1.54, 1.807) is 0 Å². The van der Waals surface area contributed by atoms with Crippen LogP contribution in [0.1, 0.15) is 22.4 Å². The Balaban J connectivity index is 2.21. The summed E-state index contributed by atoms with van der Waals surface area (Å²) in [4.78, 5) is 9.32. The topological polar surface area (TPSA) is 63.8 Å². The number of fused-ring (bicyclic) bond motifs is 1. The molecule has 0 fully saturated rings. The fourth-order valence-corrected chi connectivity index (χ4v) is 3.49. The predicted octanol–water partition coefficient (Wildman–Crippen LogP) is 2.79. The third kappa shape index (κ3) is 2.09. The van der Waals surface area contributed by atoms with Crippen molar-refractivity contribution in [1.29, 1.82) is 0 Å². The maximum Gasteiger partial charge on any atom is 0.162 e. The molecule has 0 bridgehead atoms. The lowest BCUT2D eigenvalue weighted by atomic mass is 10.0. The van der Waals surface area contributed by atoms with Gasteiger partial charge in [0.05, 0.1) is 5.69 Å². The molecule has 0 unspecified atom stereocenters. The molecule has 1 aliphatic heterocycles. The van der Waals surface area contributed by atoms with Crippen molar-refractivity contribution < 1.29 is 0 Å². The summed E-state index contributed by atoms with van der Waals surface area (Å²) in [5.74, 6) is 8.99. The SMILES string of the molecule is Cc1cccc(C)c1-c1nc2c(c(NN)n1)CSC2. The van der Waals surface area contributed by atoms with Crippen molar-refractivity contribution in [2.75, 3.05) is 5.43 Å². The lowest BCUT2D eigenvalue weighted by Crippen LogP contribution is -2.13. The molecule has 0 saturated heterocycles. The Hall–Kier alpha value is -1.59. The van der Waals surface area contributed by atoms with E-state index in [1.807, 2.05) is 11.8 Å². The normalized spacial score (nSPS) is 13.4. The second-order valence-electron chi connectivity index (χ2n) is 4.73. The molecule has 0 spiro atoms. The first kappa shape index (κ1) is 12.4. The van der Waals surface area contributed by atoms with E-state index < -0.39 is 0 Å². The standard InChI is InChI=1S/C14H16N4S/c1-8-4-3-5-9(2)12(8)14-16-11-7-19-6-10(11)13(17-14)18-15/h3-5H,6-7,15H2,1-2H3,(H,16,17,18). The smallest absolute Gasteiger partial charge is 0.162 e. The van der Waals surface area contributed by atoms with Gasteiger partial charge in [-0.2, -0.15) is 11.8 Å². The molecule has 4 nitrogen and oxygen atoms in total. The molecule has 5 heteroatoms. The van der Waals surface area contributed by atoms with Gasteiger partial charge in [-0.3, -0.25) is 0 Å². The van der Waals surface area contributed by atoms with Crippen LogP contribution in [0.3, 0.4) is 0 Å². The van der Waals surface area contributed by atoms with E-state index in [-0.39, 0.29) is 0 Å². The number of aryl methyl sites for hydroxylation is 2. The number of benzene rings is 1. The van der Waals surface area contributed by atoms with Gasteiger partial charge in [-0.25, -0.2) is 15.8 Å². The van der Waals surface area contributed by atoms with E-state index >= 15 is 0 Å². The number of nitrogens with two attached hydrogens (primary N) is 1. The fraction of sp³-hybridized carbons (Fsp3) is 0.286. The van der Waals surface area contributed by atoms with Crippen LogP contribution in [0.2, 0.25) is 0 Å². The van der Waals surface area contributed by atoms with Crippen LogP contribution in [-0.4, -0.2) is 9.97 Å². The first-order valence-corrected chi connectivity index (χ1v) is 7.37. The van der Waals surface area contributed by atoms with Gasteiger partial charge >= 0.3 is 0 Å². The highest BCUT2D eigenvalue weighted by Gasteiger charge is 2.20. The summed E-state index contributed by atoms with van der Waals surface area (Å²) in [6.07, 6.45) is 0. The molecule has 2 heterocycles. The molecule has 1 aliphatic rings. The average Bonchev–Trinajstić information content (AvgIpc) is 2.85. The van der Waals surface area contributed by atoms with E-state index in [2.05, 4.69) is 42.5 Å². The van der Waals surface area contributed by atoms with Crippen LogP contribution in [0.25, 0.3) is 11.4 Å². The van der Waals surface area contributed by atoms with E-state index in [1.165, 1.54) is 11.1 Å². The largest absolute Gasteiger partial charge is 0.308 e. The molecule has 0 amide bonds. The molecule has 2 aromatic rings. The van der Waals surface area contributed by atoms with Gasteiger partial charge in [0.15, 0.2) is 5.82 Å². The van der Waals surface area contributed by atoms with Crippen LogP contribution in [0, 0.1) is 13.8 Å². The molecule has 19 heavy (non-hydrogen) atoms. The van der Waals surface area contributed by atoms with Gasteiger partial charge < -0.3 is 5.43 Å². The molecular weight excluding hydrogens is 256 g/mol. The van der Waals surface area contributed by atoms with Gasteiger partial charge in [0.1, 0.15) is 5.82 Å². The Morgan fingerprint density at radius 1 is 1.16 bits per heavy atom. The molecule has 1 aromatic heterocycles. The third-order valence-electron chi connectivity index (χ3n) is 3.42. The highest BCUT2D eigenvalue weighted by molar-refractivity contribution is 7.98. The molecular formula is C14H16N4S. The Morgan fingerprint density at radius 3 is 2.58 bits per heavy atom. The number of rotatable bonds is 2. The minimum atomic E-state index is 0.757. The lowest BCUT2D eigenvalue weighted by Gasteiger charge is -2.12. The van der Waals surface area contributed by atoms with Crippen molar-refractivity contribution in [1.82, 2.24) is 9.97 Å². The Labute approximate surface area is 116 Å². The van der Waals surface area contributed by atoms with Crippen molar-refractivity contribution >= 4 is 17.6 Å². The Morgan fingerprint density at radius 2 is 1.89 bits per heavy atom. The van der Waals surface area contributed by atoms with Crippen molar-refractivity contribution in [2.45, 2.75) is 25.4 Å². The van der Waals surface area contributed by atoms with E-state index in [9.17, 15) is 0 Å². The Kier molecular flexibility index (Phi) is 3.16. The Bertz CT molecular complexity index is 619. The number of hydrogen-bond acceptors (Lipinski definition) is 5. The highest BCUT2D eigenvalue weighted by atomic mass is 32.2. The second-order valence-corrected chi connectivity index (χ2v) is 5.71. The molecule has 3 N–H and O–H groups in total. The first-order chi connectivity index (χ1) is 9.20. The van der Waals surface area contributed by atoms with Gasteiger partial charge in [0.25, 0.3) is 0 Å². The van der Waals surface area contributed by atoms with Gasteiger partial charge in [-0.15, -0.1) is 0 Å². The zero-order valence-electron chi connectivity index (χ0n) is 11.0. The quantitative estimate of drug-likeness (QED) is 0.650. The van der Waals surface area contributed by atoms with Gasteiger partial charge in [0.2, 0.25) is 0 Å². The minimum absolute atomic E-state index is 0.757. The summed E-state index contributed by atoms with van der Waals surface area (Å²) in [6.45, 7) is 4.17. The molecule has 0 radical (unpaired) electrons. The molecule has 3 rings (SSSR count). The van der Waals surface area contributed by atoms with Crippen molar-refractivity contribution in [3.8, 4) is 11.4 Å². The highest BCUT2D eigenvalue weighted by Crippen LogP contribution is 2.35. The number of thioether (sulfide) groups is 1. The number of nitrogen functional groups attached to an aromatic ring is 1. The summed E-state index contributed by atoms with van der Waals surface area (Å²) < 4.78 is 0. The average molecular weight is 272 g/mol. The second kappa shape index (κ2) is 4.83. The first-order valence-electron chi connectivity index (χ1n) is 6.21. The van der Waals surface area contributed by atoms with Gasteiger partial charge in [0, 0.05) is 22.6 Å². The number of aromatic nitrogens is 2. The van der Waals surface area contributed by atoms with Crippen LogP contribution in [0.4, 0.5) is 5.82 Å². The van der Waals surface area contributed by atoms with Crippen LogP contribution >= 0.6 is 11.8 Å². The van der Waals surface area contributed by atoms with E-state index in [4.69, 9.17) is 10.8 Å². The maximum atomic E-state index is 5.60. The summed E-state index contributed by atoms with van der Waals surface area (Å²) in [7, 11) is 0. The number of nitrogens with one attached hydrogen (secondary N) is 1. The van der Waals surface area contributed by atoms with Gasteiger partial charge in [-0.1, -0.05) is 18.2 Å². The molecule has 0 atom stereocenters. The number of hydrazine groups is 1. The molecule has 0 aliphatic carbocycles. The van der Waals surface area contributed by atoms with Crippen molar-refractivity contribution in [3.05, 3.63) is 40.6 Å². The zero-order chi connectivity index (χ0) is 13.4. The van der Waals surface area contributed by atoms with Crippen LogP contribution < -0.4 is 11.3 Å². The predicted molar refractivity (Wildman–Crippen MR) is 79.8 cm³/mol. The van der Waals surface area contributed by atoms with Crippen molar-refractivity contribution in [3.63, 3.8) is 0 Å². The van der Waals surface area contributed by atoms with Crippen LogP contribution in [0.15, 0.2) is 18.2 Å². The lowest BCUT2D eigenvalue weighted by molar-refractivity contribution is 1.05. The summed E-state index contributed by atoms with van der Waals surface area (Å²) in [6, 6.07) is 6.23. The van der Waals surface area contributed by atoms with Crippen LogP contribution in [0.5, 0.6) is 0 Å². The third-order valence-corrected chi connectivity index (χ3v) is 4.39. The number of nitrogens with zero attached hydrogens (tertiary/aromatic N) is 2. The molecule has 1 aromatic carbocycles. The summed E-state index contributed by atoms with van der Waals surface area (Å²) in [5, 5.41) is 0. The number of hydrogen-bond donors (Lipinski definition) is 2. The molecule has 0 saturated carbocycles. The fourth-order valence-electron chi connectivity index (χ4n) is 2.45. The van der Waals surface area contributed by atoms with Crippen molar-refractivity contribution in [2.24, 2.45) is 5.84 Å². The summed E-state index contributed by atoms with van der Waals surface area (Å²) in [5.41, 5.74) is 8.44. The summed E-state index contributed by atoms with van der Waals surface area (Å²) >= 11 is 1.85. The van der Waals surface area contributed by atoms with E-state index in [0.29, 0.717) is 0 Å². The number of anilines is 1. The maximum absolute atomic E-state index is 5.60. The van der Waals surface area contributed by atoms with Crippen LogP contribution in [-0.2, 0) is 11.5 Å². The molecule has 98 valence electrons. The zero-order valence-corrected chi connectivity index (χ0v) is 11.8. The van der Waals surface area contributed by atoms with Gasteiger partial charge in [-0.05, 0) is 25.0 Å².